The van der Waals surface area contributed by atoms with Crippen molar-refractivity contribution in [1.82, 2.24) is 14.5 Å². The first-order valence-electron chi connectivity index (χ1n) is 15.9. The Labute approximate surface area is 268 Å². The van der Waals surface area contributed by atoms with E-state index in [1.54, 1.807) is 0 Å². The van der Waals surface area contributed by atoms with Crippen LogP contribution < -0.4 is 0 Å². The third-order valence-corrected chi connectivity index (χ3v) is 9.60. The SMILES string of the molecule is CC1(C)c2ccccc2-c2nc(-c3cccc(-c4ccccc4)c3)nc(-c3ccc(-n4c5ccccc5c5ccccc54)cc3)c21. The van der Waals surface area contributed by atoms with Gasteiger partial charge in [-0.3, -0.25) is 0 Å². The van der Waals surface area contributed by atoms with Crippen molar-refractivity contribution in [3.05, 3.63) is 163 Å². The van der Waals surface area contributed by atoms with Crippen LogP contribution in [0, 0.1) is 0 Å². The molecule has 2 heterocycles. The molecule has 0 fully saturated rings. The predicted octanol–water partition coefficient (Wildman–Crippen LogP) is 10.9. The van der Waals surface area contributed by atoms with E-state index in [0.29, 0.717) is 0 Å². The van der Waals surface area contributed by atoms with Gasteiger partial charge >= 0.3 is 0 Å². The third kappa shape index (κ3) is 3.98. The Morgan fingerprint density at radius 3 is 1.80 bits per heavy atom. The lowest BCUT2D eigenvalue weighted by atomic mass is 9.81. The quantitative estimate of drug-likeness (QED) is 0.204. The second-order valence-corrected chi connectivity index (χ2v) is 12.7. The zero-order chi connectivity index (χ0) is 30.8. The fourth-order valence-electron chi connectivity index (χ4n) is 7.39. The van der Waals surface area contributed by atoms with E-state index in [9.17, 15) is 0 Å². The Balaban J connectivity index is 1.24. The van der Waals surface area contributed by atoms with Gasteiger partial charge < -0.3 is 4.57 Å². The second kappa shape index (κ2) is 10.1. The molecule has 0 aliphatic heterocycles. The van der Waals surface area contributed by atoms with Gasteiger partial charge in [-0.2, -0.15) is 0 Å². The minimum atomic E-state index is -0.239. The molecule has 9 rings (SSSR count). The molecule has 0 radical (unpaired) electrons. The summed E-state index contributed by atoms with van der Waals surface area (Å²) in [6, 6.07) is 54.0. The summed E-state index contributed by atoms with van der Waals surface area (Å²) >= 11 is 0. The Morgan fingerprint density at radius 2 is 1.07 bits per heavy atom. The van der Waals surface area contributed by atoms with Crippen molar-refractivity contribution in [2.45, 2.75) is 19.3 Å². The van der Waals surface area contributed by atoms with Crippen molar-refractivity contribution in [2.24, 2.45) is 0 Å². The molecule has 0 bridgehead atoms. The standard InChI is InChI=1S/C43H31N3/c1-43(2)36-20-9-6-19-35(36)41-39(43)40(44-42(45-41)31-16-12-15-30(27-31)28-13-4-3-5-14-28)29-23-25-32(26-24-29)46-37-21-10-7-17-33(37)34-18-8-11-22-38(34)46/h3-27H,1-2H3. The van der Waals surface area contributed by atoms with Crippen LogP contribution in [0.2, 0.25) is 0 Å². The fourth-order valence-corrected chi connectivity index (χ4v) is 7.39. The molecule has 218 valence electrons. The lowest BCUT2D eigenvalue weighted by molar-refractivity contribution is 0.658. The summed E-state index contributed by atoms with van der Waals surface area (Å²) in [4.78, 5) is 10.7. The minimum absolute atomic E-state index is 0.239. The molecule has 0 amide bonds. The van der Waals surface area contributed by atoms with Gasteiger partial charge in [0, 0.05) is 44.1 Å². The highest BCUT2D eigenvalue weighted by Gasteiger charge is 2.40. The number of hydrogen-bond acceptors (Lipinski definition) is 2. The smallest absolute Gasteiger partial charge is 0.160 e. The molecule has 8 aromatic rings. The lowest BCUT2D eigenvalue weighted by Crippen LogP contribution is -2.17. The zero-order valence-electron chi connectivity index (χ0n) is 25.8. The van der Waals surface area contributed by atoms with Crippen LogP contribution in [0.25, 0.3) is 72.5 Å². The van der Waals surface area contributed by atoms with Gasteiger partial charge in [0.25, 0.3) is 0 Å². The van der Waals surface area contributed by atoms with E-state index in [1.807, 2.05) is 0 Å². The Bertz CT molecular complexity index is 2380. The van der Waals surface area contributed by atoms with E-state index in [1.165, 1.54) is 44.1 Å². The molecule has 1 aliphatic carbocycles. The molecular weight excluding hydrogens is 558 g/mol. The van der Waals surface area contributed by atoms with Crippen molar-refractivity contribution < 1.29 is 0 Å². The molecule has 0 spiro atoms. The largest absolute Gasteiger partial charge is 0.309 e. The van der Waals surface area contributed by atoms with Crippen LogP contribution in [0.5, 0.6) is 0 Å². The van der Waals surface area contributed by atoms with Crippen LogP contribution >= 0.6 is 0 Å². The molecule has 0 atom stereocenters. The maximum atomic E-state index is 5.37. The summed E-state index contributed by atoms with van der Waals surface area (Å²) in [5.41, 5.74) is 13.4. The van der Waals surface area contributed by atoms with Gasteiger partial charge in [-0.1, -0.05) is 135 Å². The maximum absolute atomic E-state index is 5.37. The van der Waals surface area contributed by atoms with Crippen molar-refractivity contribution in [2.75, 3.05) is 0 Å². The first-order chi connectivity index (χ1) is 22.6. The summed E-state index contributed by atoms with van der Waals surface area (Å²) in [5.74, 6) is 0.741. The summed E-state index contributed by atoms with van der Waals surface area (Å²) in [6.45, 7) is 4.60. The van der Waals surface area contributed by atoms with Gasteiger partial charge in [-0.25, -0.2) is 9.97 Å². The van der Waals surface area contributed by atoms with Crippen LogP contribution in [0.3, 0.4) is 0 Å². The van der Waals surface area contributed by atoms with Gasteiger partial charge in [0.1, 0.15) is 0 Å². The van der Waals surface area contributed by atoms with Crippen LogP contribution in [0.4, 0.5) is 0 Å². The summed E-state index contributed by atoms with van der Waals surface area (Å²) < 4.78 is 2.36. The number of hydrogen-bond donors (Lipinski definition) is 0. The number of fused-ring (bicyclic) bond motifs is 6. The molecule has 6 aromatic carbocycles. The van der Waals surface area contributed by atoms with Crippen molar-refractivity contribution >= 4 is 21.8 Å². The third-order valence-electron chi connectivity index (χ3n) is 9.60. The molecule has 1 aliphatic rings. The van der Waals surface area contributed by atoms with Gasteiger partial charge in [-0.15, -0.1) is 0 Å². The highest BCUT2D eigenvalue weighted by atomic mass is 15.0. The van der Waals surface area contributed by atoms with E-state index in [-0.39, 0.29) is 5.41 Å². The molecule has 3 nitrogen and oxygen atoms in total. The predicted molar refractivity (Wildman–Crippen MR) is 190 cm³/mol. The number of benzene rings is 6. The first-order valence-corrected chi connectivity index (χ1v) is 15.9. The summed E-state index contributed by atoms with van der Waals surface area (Å²) in [5, 5.41) is 2.52. The number of para-hydroxylation sites is 2. The highest BCUT2D eigenvalue weighted by Crippen LogP contribution is 2.51. The number of rotatable bonds is 4. The Morgan fingerprint density at radius 1 is 0.478 bits per heavy atom. The van der Waals surface area contributed by atoms with E-state index in [2.05, 4.69) is 170 Å². The van der Waals surface area contributed by atoms with E-state index in [4.69, 9.17) is 9.97 Å². The van der Waals surface area contributed by atoms with Crippen molar-refractivity contribution in [1.29, 1.82) is 0 Å². The van der Waals surface area contributed by atoms with E-state index < -0.39 is 0 Å². The van der Waals surface area contributed by atoms with Crippen molar-refractivity contribution in [3.63, 3.8) is 0 Å². The zero-order valence-corrected chi connectivity index (χ0v) is 25.8. The lowest BCUT2D eigenvalue weighted by Gasteiger charge is -2.24. The second-order valence-electron chi connectivity index (χ2n) is 12.7. The molecule has 0 saturated heterocycles. The topological polar surface area (TPSA) is 30.7 Å². The normalized spacial score (nSPS) is 13.2. The average Bonchev–Trinajstić information content (AvgIpc) is 3.57. The molecule has 0 N–H and O–H groups in total. The average molecular weight is 590 g/mol. The molecule has 2 aromatic heterocycles. The Kier molecular flexibility index (Phi) is 5.85. The minimum Gasteiger partial charge on any atom is -0.309 e. The maximum Gasteiger partial charge on any atom is 0.160 e. The monoisotopic (exact) mass is 589 g/mol. The molecule has 0 saturated carbocycles. The highest BCUT2D eigenvalue weighted by molar-refractivity contribution is 6.09. The van der Waals surface area contributed by atoms with Gasteiger partial charge in [0.15, 0.2) is 5.82 Å². The molecule has 46 heavy (non-hydrogen) atoms. The number of nitrogens with zero attached hydrogens (tertiary/aromatic N) is 3. The van der Waals surface area contributed by atoms with Crippen LogP contribution in [-0.2, 0) is 5.41 Å². The van der Waals surface area contributed by atoms with Gasteiger partial charge in [0.05, 0.1) is 22.4 Å². The summed E-state index contributed by atoms with van der Waals surface area (Å²) in [6.07, 6.45) is 0. The number of aromatic nitrogens is 3. The fraction of sp³-hybridized carbons (Fsp3) is 0.0698. The van der Waals surface area contributed by atoms with E-state index in [0.717, 1.165) is 39.6 Å². The van der Waals surface area contributed by atoms with E-state index >= 15 is 0 Å². The van der Waals surface area contributed by atoms with Crippen LogP contribution in [-0.4, -0.2) is 14.5 Å². The van der Waals surface area contributed by atoms with Crippen LogP contribution in [0.1, 0.15) is 25.0 Å². The first kappa shape index (κ1) is 26.6. The molecular formula is C43H31N3. The molecule has 0 unspecified atom stereocenters. The Hall–Kier alpha value is -5.80. The van der Waals surface area contributed by atoms with Gasteiger partial charge in [0.2, 0.25) is 0 Å². The molecule has 3 heteroatoms. The van der Waals surface area contributed by atoms with Crippen molar-refractivity contribution in [3.8, 4) is 50.7 Å². The summed E-state index contributed by atoms with van der Waals surface area (Å²) in [7, 11) is 0. The van der Waals surface area contributed by atoms with Crippen LogP contribution in [0.15, 0.2) is 152 Å². The van der Waals surface area contributed by atoms with Gasteiger partial charge in [-0.05, 0) is 47.0 Å².